The van der Waals surface area contributed by atoms with Gasteiger partial charge in [0.2, 0.25) is 5.91 Å². The van der Waals surface area contributed by atoms with Crippen LogP contribution in [-0.4, -0.2) is 17.0 Å². The maximum Gasteiger partial charge on any atom is 0.228 e. The number of nitrogens with one attached hydrogen (secondary N) is 2. The fourth-order valence-electron chi connectivity index (χ4n) is 2.52. The van der Waals surface area contributed by atoms with Crippen molar-refractivity contribution in [2.75, 3.05) is 10.6 Å². The molecule has 0 unspecified atom stereocenters. The summed E-state index contributed by atoms with van der Waals surface area (Å²) >= 11 is 0. The minimum atomic E-state index is 0.0742. The lowest BCUT2D eigenvalue weighted by molar-refractivity contribution is -0.122. The van der Waals surface area contributed by atoms with E-state index in [9.17, 15) is 4.79 Å². The highest BCUT2D eigenvalue weighted by Crippen LogP contribution is 2.29. The van der Waals surface area contributed by atoms with Gasteiger partial charge in [-0.3, -0.25) is 4.79 Å². The fraction of sp³-hybridized carbons (Fsp3) is 0.368. The van der Waals surface area contributed by atoms with Gasteiger partial charge >= 0.3 is 0 Å². The molecule has 0 atom stereocenters. The highest BCUT2D eigenvalue weighted by molar-refractivity contribution is 5.92. The quantitative estimate of drug-likeness (QED) is 0.829. The number of aromatic nitrogens is 1. The van der Waals surface area contributed by atoms with E-state index in [0.717, 1.165) is 36.4 Å². The van der Waals surface area contributed by atoms with Crippen molar-refractivity contribution in [2.45, 2.75) is 39.2 Å². The van der Waals surface area contributed by atoms with Crippen LogP contribution >= 0.6 is 0 Å². The van der Waals surface area contributed by atoms with Crippen LogP contribution in [0.2, 0.25) is 0 Å². The van der Waals surface area contributed by atoms with Crippen LogP contribution in [0.5, 0.6) is 5.75 Å². The molecule has 1 aliphatic rings. The first-order valence-electron chi connectivity index (χ1n) is 8.41. The second kappa shape index (κ2) is 7.34. The number of nitrogens with zero attached hydrogens (tertiary/aromatic N) is 1. The summed E-state index contributed by atoms with van der Waals surface area (Å²) in [4.78, 5) is 16.2. The largest absolute Gasteiger partial charge is 0.489 e. The van der Waals surface area contributed by atoms with Crippen molar-refractivity contribution in [1.82, 2.24) is 4.98 Å². The number of benzene rings is 1. The van der Waals surface area contributed by atoms with E-state index < -0.39 is 0 Å². The van der Waals surface area contributed by atoms with Crippen molar-refractivity contribution in [2.24, 2.45) is 5.92 Å². The van der Waals surface area contributed by atoms with Crippen LogP contribution < -0.4 is 15.4 Å². The Hall–Kier alpha value is -2.56. The van der Waals surface area contributed by atoms with Crippen molar-refractivity contribution < 1.29 is 9.53 Å². The first-order chi connectivity index (χ1) is 11.6. The molecule has 1 saturated carbocycles. The van der Waals surface area contributed by atoms with Crippen LogP contribution in [0.25, 0.3) is 0 Å². The molecule has 0 saturated heterocycles. The number of rotatable bonds is 6. The lowest BCUT2D eigenvalue weighted by Crippen LogP contribution is -2.28. The van der Waals surface area contributed by atoms with E-state index in [1.807, 2.05) is 50.2 Å². The summed E-state index contributed by atoms with van der Waals surface area (Å²) in [5, 5.41) is 6.17. The molecule has 24 heavy (non-hydrogen) atoms. The van der Waals surface area contributed by atoms with E-state index in [2.05, 4.69) is 15.6 Å². The molecule has 126 valence electrons. The number of pyridine rings is 1. The minimum Gasteiger partial charge on any atom is -0.489 e. The molecule has 2 N–H and O–H groups in total. The number of amides is 1. The molecule has 2 aromatic rings. The van der Waals surface area contributed by atoms with Gasteiger partial charge in [0, 0.05) is 5.92 Å². The summed E-state index contributed by atoms with van der Waals surface area (Å²) in [5.41, 5.74) is 1.73. The van der Waals surface area contributed by atoms with Crippen LogP contribution in [0, 0.1) is 5.92 Å². The smallest absolute Gasteiger partial charge is 0.228 e. The van der Waals surface area contributed by atoms with Crippen LogP contribution in [0.1, 0.15) is 33.1 Å². The van der Waals surface area contributed by atoms with Crippen molar-refractivity contribution >= 4 is 23.1 Å². The number of anilines is 3. The van der Waals surface area contributed by atoms with E-state index in [0.29, 0.717) is 5.82 Å². The number of ether oxygens (including phenoxy) is 1. The number of carbonyl (C=O) groups is 1. The zero-order valence-corrected chi connectivity index (χ0v) is 14.1. The molecule has 5 nitrogen and oxygen atoms in total. The molecule has 1 aromatic carbocycles. The summed E-state index contributed by atoms with van der Waals surface area (Å²) < 4.78 is 5.80. The predicted octanol–water partition coefficient (Wildman–Crippen LogP) is 4.35. The van der Waals surface area contributed by atoms with E-state index in [4.69, 9.17) is 4.74 Å². The van der Waals surface area contributed by atoms with Gasteiger partial charge < -0.3 is 15.4 Å². The van der Waals surface area contributed by atoms with E-state index in [1.165, 1.54) is 0 Å². The molecular formula is C19H23N3O2. The Morgan fingerprint density at radius 1 is 1.21 bits per heavy atom. The zero-order chi connectivity index (χ0) is 16.9. The van der Waals surface area contributed by atoms with Crippen LogP contribution in [0.15, 0.2) is 42.6 Å². The molecule has 5 heteroatoms. The Balaban J connectivity index is 1.65. The Morgan fingerprint density at radius 2 is 2.00 bits per heavy atom. The van der Waals surface area contributed by atoms with Gasteiger partial charge in [-0.25, -0.2) is 4.98 Å². The third-order valence-electron chi connectivity index (χ3n) is 4.02. The summed E-state index contributed by atoms with van der Waals surface area (Å²) in [5.74, 6) is 1.62. The lowest BCUT2D eigenvalue weighted by Gasteiger charge is -2.23. The first-order valence-corrected chi connectivity index (χ1v) is 8.41. The Morgan fingerprint density at radius 3 is 2.62 bits per heavy atom. The van der Waals surface area contributed by atoms with Crippen molar-refractivity contribution in [3.05, 3.63) is 42.6 Å². The van der Waals surface area contributed by atoms with Gasteiger partial charge in [-0.2, -0.15) is 0 Å². The minimum absolute atomic E-state index is 0.0742. The third kappa shape index (κ3) is 4.04. The number of carbonyl (C=O) groups excluding carboxylic acids is 1. The summed E-state index contributed by atoms with van der Waals surface area (Å²) in [6, 6.07) is 11.5. The second-order valence-corrected chi connectivity index (χ2v) is 6.34. The highest BCUT2D eigenvalue weighted by atomic mass is 16.5. The maximum absolute atomic E-state index is 11.9. The monoisotopic (exact) mass is 325 g/mol. The van der Waals surface area contributed by atoms with Gasteiger partial charge in [-0.05, 0) is 51.0 Å². The highest BCUT2D eigenvalue weighted by Gasteiger charge is 2.25. The predicted molar refractivity (Wildman–Crippen MR) is 95.7 cm³/mol. The van der Waals surface area contributed by atoms with Gasteiger partial charge in [0.1, 0.15) is 11.6 Å². The van der Waals surface area contributed by atoms with Gasteiger partial charge in [-0.1, -0.05) is 18.6 Å². The van der Waals surface area contributed by atoms with Gasteiger partial charge in [-0.15, -0.1) is 0 Å². The average Bonchev–Trinajstić information content (AvgIpc) is 2.49. The van der Waals surface area contributed by atoms with Gasteiger partial charge in [0.25, 0.3) is 0 Å². The van der Waals surface area contributed by atoms with E-state index in [-0.39, 0.29) is 17.9 Å². The molecule has 1 heterocycles. The molecule has 0 radical (unpaired) electrons. The topological polar surface area (TPSA) is 63.2 Å². The van der Waals surface area contributed by atoms with Crippen molar-refractivity contribution in [3.63, 3.8) is 0 Å². The van der Waals surface area contributed by atoms with Crippen LogP contribution in [0.3, 0.4) is 0 Å². The normalized spacial score (nSPS) is 14.1. The number of hydrogen-bond acceptors (Lipinski definition) is 4. The molecule has 3 rings (SSSR count). The molecular weight excluding hydrogens is 302 g/mol. The molecule has 1 aliphatic carbocycles. The lowest BCUT2D eigenvalue weighted by atomic mass is 9.85. The number of hydrogen-bond donors (Lipinski definition) is 2. The molecule has 1 aromatic heterocycles. The van der Waals surface area contributed by atoms with Gasteiger partial charge in [0.05, 0.1) is 23.7 Å². The van der Waals surface area contributed by atoms with Crippen LogP contribution in [0.4, 0.5) is 17.2 Å². The molecule has 0 spiro atoms. The molecule has 0 bridgehead atoms. The SMILES string of the molecule is CC(C)Oc1ccccc1Nc1ccc(NC(=O)C2CCC2)nc1. The molecule has 1 amide bonds. The molecule has 1 fully saturated rings. The van der Waals surface area contributed by atoms with Crippen molar-refractivity contribution in [1.29, 1.82) is 0 Å². The Bertz CT molecular complexity index is 694. The van der Waals surface area contributed by atoms with E-state index in [1.54, 1.807) is 6.20 Å². The molecule has 0 aliphatic heterocycles. The number of para-hydroxylation sites is 2. The fourth-order valence-corrected chi connectivity index (χ4v) is 2.52. The Labute approximate surface area is 142 Å². The van der Waals surface area contributed by atoms with Crippen molar-refractivity contribution in [3.8, 4) is 5.75 Å². The van der Waals surface area contributed by atoms with Crippen LogP contribution in [-0.2, 0) is 4.79 Å². The average molecular weight is 325 g/mol. The maximum atomic E-state index is 11.9. The summed E-state index contributed by atoms with van der Waals surface area (Å²) in [6.45, 7) is 4.00. The second-order valence-electron chi connectivity index (χ2n) is 6.34. The third-order valence-corrected chi connectivity index (χ3v) is 4.02. The Kier molecular flexibility index (Phi) is 4.99. The van der Waals surface area contributed by atoms with Gasteiger partial charge in [0.15, 0.2) is 0 Å². The first kappa shape index (κ1) is 16.3. The zero-order valence-electron chi connectivity index (χ0n) is 14.1. The summed E-state index contributed by atoms with van der Waals surface area (Å²) in [6.07, 6.45) is 4.93. The van der Waals surface area contributed by atoms with E-state index >= 15 is 0 Å². The standard InChI is InChI=1S/C19H23N3O2/c1-13(2)24-17-9-4-3-8-16(17)21-15-10-11-18(20-12-15)22-19(23)14-6-5-7-14/h3-4,8-14,21H,5-7H2,1-2H3,(H,20,22,23). The summed E-state index contributed by atoms with van der Waals surface area (Å²) in [7, 11) is 0.